The molecule has 0 aliphatic carbocycles. The number of hydrogen-bond acceptors (Lipinski definition) is 5. The van der Waals surface area contributed by atoms with Crippen LogP contribution in [0.5, 0.6) is 0 Å². The fraction of sp³-hybridized carbons (Fsp3) is 0.222. The maximum atomic E-state index is 11.9. The van der Waals surface area contributed by atoms with E-state index in [4.69, 9.17) is 9.15 Å². The molecule has 0 radical (unpaired) electrons. The summed E-state index contributed by atoms with van der Waals surface area (Å²) in [7, 11) is 1.53. The Morgan fingerprint density at radius 3 is 2.68 bits per heavy atom. The standard InChI is InChI=1S/C18H18N2O4S/c1-23-16(15-9-12-5-2-3-7-14(12)24-15)11-20-18(22)17(21)19-10-13-6-4-8-25-13/h2-9,16H,10-11H2,1H3,(H,19,21)(H,20,22). The first-order valence-corrected chi connectivity index (χ1v) is 8.65. The molecule has 7 heteroatoms. The molecule has 25 heavy (non-hydrogen) atoms. The van der Waals surface area contributed by atoms with Crippen LogP contribution in [0.4, 0.5) is 0 Å². The molecule has 2 heterocycles. The van der Waals surface area contributed by atoms with Gasteiger partial charge in [0.1, 0.15) is 17.4 Å². The van der Waals surface area contributed by atoms with Crippen LogP contribution in [0.15, 0.2) is 52.3 Å². The molecule has 0 saturated carbocycles. The second-order valence-electron chi connectivity index (χ2n) is 5.38. The second-order valence-corrected chi connectivity index (χ2v) is 6.42. The number of ether oxygens (including phenoxy) is 1. The molecule has 0 bridgehead atoms. The summed E-state index contributed by atoms with van der Waals surface area (Å²) in [4.78, 5) is 24.7. The Morgan fingerprint density at radius 2 is 1.96 bits per heavy atom. The van der Waals surface area contributed by atoms with Gasteiger partial charge < -0.3 is 19.8 Å². The molecule has 130 valence electrons. The monoisotopic (exact) mass is 358 g/mol. The van der Waals surface area contributed by atoms with Gasteiger partial charge in [0.25, 0.3) is 0 Å². The van der Waals surface area contributed by atoms with Crippen LogP contribution in [-0.4, -0.2) is 25.5 Å². The molecule has 2 aromatic heterocycles. The zero-order valence-corrected chi connectivity index (χ0v) is 14.5. The first kappa shape index (κ1) is 17.2. The minimum absolute atomic E-state index is 0.140. The molecule has 3 rings (SSSR count). The number of furan rings is 1. The number of nitrogens with one attached hydrogen (secondary N) is 2. The van der Waals surface area contributed by atoms with Crippen molar-refractivity contribution in [3.8, 4) is 0 Å². The van der Waals surface area contributed by atoms with Crippen LogP contribution in [0.2, 0.25) is 0 Å². The van der Waals surface area contributed by atoms with Crippen LogP contribution < -0.4 is 10.6 Å². The molecule has 1 atom stereocenters. The molecule has 0 saturated heterocycles. The number of benzene rings is 1. The van der Waals surface area contributed by atoms with Crippen LogP contribution in [0.1, 0.15) is 16.7 Å². The molecular weight excluding hydrogens is 340 g/mol. The maximum Gasteiger partial charge on any atom is 0.309 e. The van der Waals surface area contributed by atoms with Crippen molar-refractivity contribution >= 4 is 34.1 Å². The Kier molecular flexibility index (Phi) is 5.47. The van der Waals surface area contributed by atoms with E-state index in [1.165, 1.54) is 18.4 Å². The van der Waals surface area contributed by atoms with E-state index in [2.05, 4.69) is 10.6 Å². The third kappa shape index (κ3) is 4.26. The van der Waals surface area contributed by atoms with Crippen molar-refractivity contribution in [3.05, 3.63) is 58.5 Å². The van der Waals surface area contributed by atoms with Crippen molar-refractivity contribution in [1.29, 1.82) is 0 Å². The smallest absolute Gasteiger partial charge is 0.309 e. The van der Waals surface area contributed by atoms with Gasteiger partial charge >= 0.3 is 11.8 Å². The van der Waals surface area contributed by atoms with Crippen molar-refractivity contribution in [2.24, 2.45) is 0 Å². The lowest BCUT2D eigenvalue weighted by molar-refractivity contribution is -0.139. The van der Waals surface area contributed by atoms with E-state index < -0.39 is 17.9 Å². The summed E-state index contributed by atoms with van der Waals surface area (Å²) in [6.45, 7) is 0.475. The lowest BCUT2D eigenvalue weighted by atomic mass is 10.2. The van der Waals surface area contributed by atoms with E-state index in [1.54, 1.807) is 0 Å². The average molecular weight is 358 g/mol. The molecular formula is C18H18N2O4S. The number of fused-ring (bicyclic) bond motifs is 1. The van der Waals surface area contributed by atoms with Gasteiger partial charge in [-0.3, -0.25) is 9.59 Å². The van der Waals surface area contributed by atoms with Gasteiger partial charge in [0.2, 0.25) is 0 Å². The summed E-state index contributed by atoms with van der Waals surface area (Å²) in [5.74, 6) is -0.773. The third-order valence-corrected chi connectivity index (χ3v) is 4.58. The molecule has 0 aliphatic rings. The van der Waals surface area contributed by atoms with Crippen LogP contribution in [-0.2, 0) is 20.9 Å². The number of thiophene rings is 1. The highest BCUT2D eigenvalue weighted by molar-refractivity contribution is 7.09. The maximum absolute atomic E-state index is 11.9. The fourth-order valence-corrected chi connectivity index (χ4v) is 3.03. The summed E-state index contributed by atoms with van der Waals surface area (Å²) >= 11 is 1.52. The normalized spacial score (nSPS) is 12.0. The number of amides is 2. The van der Waals surface area contributed by atoms with Crippen LogP contribution in [0, 0.1) is 0 Å². The lowest BCUT2D eigenvalue weighted by Gasteiger charge is -2.13. The Labute approximate surface area is 148 Å². The molecule has 2 amide bonds. The largest absolute Gasteiger partial charge is 0.458 e. The van der Waals surface area contributed by atoms with E-state index in [9.17, 15) is 9.59 Å². The molecule has 1 unspecified atom stereocenters. The highest BCUT2D eigenvalue weighted by Crippen LogP contribution is 2.25. The Hall–Kier alpha value is -2.64. The quantitative estimate of drug-likeness (QED) is 0.664. The lowest BCUT2D eigenvalue weighted by Crippen LogP contribution is -2.41. The minimum atomic E-state index is -0.699. The van der Waals surface area contributed by atoms with Crippen molar-refractivity contribution < 1.29 is 18.7 Å². The van der Waals surface area contributed by atoms with Crippen LogP contribution in [0.25, 0.3) is 11.0 Å². The van der Waals surface area contributed by atoms with E-state index in [-0.39, 0.29) is 6.54 Å². The van der Waals surface area contributed by atoms with Gasteiger partial charge in [-0.05, 0) is 23.6 Å². The number of rotatable bonds is 6. The molecule has 0 fully saturated rings. The van der Waals surface area contributed by atoms with Crippen LogP contribution >= 0.6 is 11.3 Å². The van der Waals surface area contributed by atoms with E-state index in [0.717, 1.165) is 15.8 Å². The molecule has 6 nitrogen and oxygen atoms in total. The zero-order valence-electron chi connectivity index (χ0n) is 13.7. The number of carbonyl (C=O) groups excluding carboxylic acids is 2. The Morgan fingerprint density at radius 1 is 1.16 bits per heavy atom. The van der Waals surface area contributed by atoms with Crippen LogP contribution in [0.3, 0.4) is 0 Å². The zero-order chi connectivity index (χ0) is 17.6. The molecule has 3 aromatic rings. The second kappa shape index (κ2) is 7.96. The summed E-state index contributed by atoms with van der Waals surface area (Å²) in [5.41, 5.74) is 0.750. The summed E-state index contributed by atoms with van der Waals surface area (Å²) in [6, 6.07) is 13.3. The Balaban J connectivity index is 1.54. The molecule has 0 spiro atoms. The number of para-hydroxylation sites is 1. The highest BCUT2D eigenvalue weighted by Gasteiger charge is 2.19. The van der Waals surface area contributed by atoms with Gasteiger partial charge in [-0.25, -0.2) is 0 Å². The van der Waals surface area contributed by atoms with Gasteiger partial charge in [0.15, 0.2) is 0 Å². The van der Waals surface area contributed by atoms with Crippen molar-refractivity contribution in [3.63, 3.8) is 0 Å². The van der Waals surface area contributed by atoms with E-state index in [0.29, 0.717) is 12.3 Å². The number of carbonyl (C=O) groups is 2. The van der Waals surface area contributed by atoms with E-state index in [1.807, 2.05) is 47.8 Å². The number of hydrogen-bond donors (Lipinski definition) is 2. The summed E-state index contributed by atoms with van der Waals surface area (Å²) in [5, 5.41) is 8.03. The average Bonchev–Trinajstić information content (AvgIpc) is 3.29. The first-order chi connectivity index (χ1) is 12.2. The highest BCUT2D eigenvalue weighted by atomic mass is 32.1. The third-order valence-electron chi connectivity index (χ3n) is 3.70. The first-order valence-electron chi connectivity index (χ1n) is 7.77. The topological polar surface area (TPSA) is 80.6 Å². The van der Waals surface area contributed by atoms with Gasteiger partial charge in [-0.15, -0.1) is 11.3 Å². The SMILES string of the molecule is COC(CNC(=O)C(=O)NCc1cccs1)c1cc2ccccc2o1. The minimum Gasteiger partial charge on any atom is -0.458 e. The van der Waals surface area contributed by atoms with Crippen molar-refractivity contribution in [2.75, 3.05) is 13.7 Å². The fourth-order valence-electron chi connectivity index (χ4n) is 2.39. The molecule has 2 N–H and O–H groups in total. The van der Waals surface area contributed by atoms with Crippen molar-refractivity contribution in [1.82, 2.24) is 10.6 Å². The van der Waals surface area contributed by atoms with E-state index >= 15 is 0 Å². The summed E-state index contributed by atoms with van der Waals surface area (Å²) in [6.07, 6.45) is -0.471. The van der Waals surface area contributed by atoms with Gasteiger partial charge in [0, 0.05) is 17.4 Å². The predicted molar refractivity (Wildman–Crippen MR) is 95.1 cm³/mol. The molecule has 0 aliphatic heterocycles. The van der Waals surface area contributed by atoms with Gasteiger partial charge in [0.05, 0.1) is 13.1 Å². The Bertz CT molecular complexity index is 824. The molecule has 1 aromatic carbocycles. The predicted octanol–water partition coefficient (Wildman–Crippen LogP) is 2.61. The summed E-state index contributed by atoms with van der Waals surface area (Å²) < 4.78 is 11.1. The van der Waals surface area contributed by atoms with Gasteiger partial charge in [-0.2, -0.15) is 0 Å². The van der Waals surface area contributed by atoms with Crippen molar-refractivity contribution in [2.45, 2.75) is 12.6 Å². The van der Waals surface area contributed by atoms with Gasteiger partial charge in [-0.1, -0.05) is 24.3 Å². The number of methoxy groups -OCH3 is 1.